The quantitative estimate of drug-likeness (QED) is 0.0943. The van der Waals surface area contributed by atoms with Gasteiger partial charge in [0.25, 0.3) is 11.8 Å². The van der Waals surface area contributed by atoms with E-state index in [2.05, 4.69) is 85.5 Å². The van der Waals surface area contributed by atoms with Crippen molar-refractivity contribution in [1.29, 1.82) is 0 Å². The van der Waals surface area contributed by atoms with Crippen LogP contribution in [0.1, 0.15) is 58.4 Å². The van der Waals surface area contributed by atoms with E-state index in [-0.39, 0.29) is 18.5 Å². The van der Waals surface area contributed by atoms with E-state index in [0.29, 0.717) is 61.5 Å². The molecule has 0 saturated carbocycles. The number of piperidine rings is 2. The molecule has 0 aliphatic carbocycles. The minimum absolute atomic E-state index is 0.0209. The number of urea groups is 1. The Morgan fingerprint density at radius 2 is 1.54 bits per heavy atom. The molecule has 5 aromatic rings. The van der Waals surface area contributed by atoms with E-state index in [4.69, 9.17) is 9.72 Å². The van der Waals surface area contributed by atoms with Gasteiger partial charge in [-0.3, -0.25) is 34.6 Å². The lowest BCUT2D eigenvalue weighted by Crippen LogP contribution is -2.58. The number of rotatable bonds is 12. The van der Waals surface area contributed by atoms with Crippen molar-refractivity contribution in [2.45, 2.75) is 45.1 Å². The largest absolute Gasteiger partial charge is 0.494 e. The number of hydrazine groups is 1. The number of hydrogen-bond acceptors (Lipinski definition) is 16. The van der Waals surface area contributed by atoms with Gasteiger partial charge in [-0.25, -0.2) is 14.8 Å². The van der Waals surface area contributed by atoms with Crippen LogP contribution < -0.4 is 35.8 Å². The molecule has 5 amide bonds. The lowest BCUT2D eigenvalue weighted by atomic mass is 9.94. The van der Waals surface area contributed by atoms with E-state index in [0.717, 1.165) is 117 Å². The molecule has 70 heavy (non-hydrogen) atoms. The van der Waals surface area contributed by atoms with Crippen molar-refractivity contribution in [3.63, 3.8) is 0 Å². The minimum Gasteiger partial charge on any atom is -0.494 e. The fourth-order valence-electron chi connectivity index (χ4n) is 10.7. The summed E-state index contributed by atoms with van der Waals surface area (Å²) in [6, 6.07) is 13.0. The van der Waals surface area contributed by atoms with Crippen molar-refractivity contribution in [3.05, 3.63) is 82.2 Å². The number of carbonyl (C=O) groups is 4. The Hall–Kier alpha value is -6.21. The highest BCUT2D eigenvalue weighted by molar-refractivity contribution is 9.10. The number of nitrogens with one attached hydrogen (secondary N) is 3. The van der Waals surface area contributed by atoms with Crippen molar-refractivity contribution >= 4 is 97.7 Å². The second kappa shape index (κ2) is 19.5. The first-order valence-electron chi connectivity index (χ1n) is 23.9. The molecule has 7 heterocycles. The average Bonchev–Trinajstić information content (AvgIpc) is 3.61. The highest BCUT2D eigenvalue weighted by Gasteiger charge is 2.45. The number of piperazine rings is 1. The highest BCUT2D eigenvalue weighted by atomic mass is 79.9. The van der Waals surface area contributed by atoms with Crippen LogP contribution in [-0.2, 0) is 9.36 Å². The number of benzene rings is 3. The van der Waals surface area contributed by atoms with E-state index in [9.17, 15) is 23.7 Å². The van der Waals surface area contributed by atoms with Crippen LogP contribution in [0, 0.1) is 12.8 Å². The number of hydrogen-bond donors (Lipinski definition) is 3. The molecule has 2 aromatic heterocycles. The monoisotopic (exact) mass is 1030 g/mol. The Kier molecular flexibility index (Phi) is 13.2. The highest BCUT2D eigenvalue weighted by Crippen LogP contribution is 2.42. The van der Waals surface area contributed by atoms with Crippen LogP contribution >= 0.6 is 23.1 Å². The topological polar surface area (TPSA) is 202 Å². The van der Waals surface area contributed by atoms with Gasteiger partial charge in [0.2, 0.25) is 11.9 Å². The molecular weight excluding hydrogens is 978 g/mol. The van der Waals surface area contributed by atoms with Gasteiger partial charge in [-0.15, -0.1) is 0 Å². The first-order valence-corrected chi connectivity index (χ1v) is 27.3. The molecule has 3 N–H and O–H groups in total. The van der Waals surface area contributed by atoms with Crippen LogP contribution in [0.25, 0.3) is 11.0 Å². The van der Waals surface area contributed by atoms with Crippen molar-refractivity contribution in [1.82, 2.24) is 45.1 Å². The SMILES string of the molecule is COc1cc(N2CCC(N3CCN(CC4CCN(c5cccc6c5C(=O)N(N5CCC(=O)NC5=O)C6=O)CC4)CC3)CC2)c(C)cc1Nc1ncc(Br)c(Nc2ccc3nccnc3c2P(C)(C)=O)n1. The zero-order valence-corrected chi connectivity index (χ0v) is 42.3. The van der Waals surface area contributed by atoms with Crippen molar-refractivity contribution in [3.8, 4) is 5.75 Å². The number of methoxy groups -OCH3 is 1. The van der Waals surface area contributed by atoms with Gasteiger partial charge in [0.1, 0.15) is 24.2 Å². The van der Waals surface area contributed by atoms with E-state index in [1.165, 1.54) is 0 Å². The zero-order valence-electron chi connectivity index (χ0n) is 39.8. The molecule has 0 unspecified atom stereocenters. The molecule has 4 fully saturated rings. The predicted octanol–water partition coefficient (Wildman–Crippen LogP) is 6.19. The number of aromatic nitrogens is 4. The average molecular weight is 1030 g/mol. The smallest absolute Gasteiger partial charge is 0.343 e. The Morgan fingerprint density at radius 3 is 2.27 bits per heavy atom. The van der Waals surface area contributed by atoms with Crippen LogP contribution in [0.3, 0.4) is 0 Å². The molecule has 4 saturated heterocycles. The van der Waals surface area contributed by atoms with Crippen molar-refractivity contribution < 1.29 is 28.5 Å². The third-order valence-electron chi connectivity index (χ3n) is 14.3. The standard InChI is InChI=1S/C49H57BrN13O6P/c1-30-26-37(55-48-53-28-34(50)45(57-48)54-36-9-8-35-43(52-16-15-51-35)44(36)70(3,4)68)40(69-2)27-39(30)61-19-12-32(13-20-61)59-24-22-58(23-25-59)29-31-10-17-60(18-11-31)38-7-5-6-33-42(38)47(66)63(46(33)65)62-21-14-41(64)56-49(62)67/h5-9,15-16,26-28,31-32H,10-14,17-25,29H2,1-4H3,(H,56,64,67)(H2,53,54,55,57). The number of halogens is 1. The first kappa shape index (κ1) is 47.5. The Balaban J connectivity index is 0.707. The maximum absolute atomic E-state index is 13.7. The number of fused-ring (bicyclic) bond motifs is 2. The van der Waals surface area contributed by atoms with E-state index < -0.39 is 30.9 Å². The molecule has 0 bridgehead atoms. The second-order valence-electron chi connectivity index (χ2n) is 19.0. The Labute approximate surface area is 414 Å². The third kappa shape index (κ3) is 9.41. The molecule has 10 rings (SSSR count). The van der Waals surface area contributed by atoms with Gasteiger partial charge in [-0.2, -0.15) is 9.99 Å². The fourth-order valence-corrected chi connectivity index (χ4v) is 12.4. The predicted molar refractivity (Wildman–Crippen MR) is 273 cm³/mol. The first-order chi connectivity index (χ1) is 33.7. The summed E-state index contributed by atoms with van der Waals surface area (Å²) < 4.78 is 20.1. The van der Waals surface area contributed by atoms with E-state index in [1.807, 2.05) is 18.2 Å². The molecule has 3 aromatic carbocycles. The molecule has 0 atom stereocenters. The summed E-state index contributed by atoms with van der Waals surface area (Å²) in [6.45, 7) is 14.2. The summed E-state index contributed by atoms with van der Waals surface area (Å²) in [5.41, 5.74) is 6.24. The number of anilines is 6. The van der Waals surface area contributed by atoms with Gasteiger partial charge >= 0.3 is 6.03 Å². The molecule has 5 aliphatic heterocycles. The fraction of sp³-hybridized carbons (Fsp3) is 0.429. The number of carbonyl (C=O) groups excluding carboxylic acids is 4. The van der Waals surface area contributed by atoms with Gasteiger partial charge in [-0.1, -0.05) is 6.07 Å². The molecular formula is C49H57BrN13O6P. The van der Waals surface area contributed by atoms with Gasteiger partial charge in [-0.05, 0) is 104 Å². The molecule has 21 heteroatoms. The molecule has 0 spiro atoms. The maximum Gasteiger partial charge on any atom is 0.343 e. The van der Waals surface area contributed by atoms with Crippen LogP contribution in [0.15, 0.2) is 65.5 Å². The summed E-state index contributed by atoms with van der Waals surface area (Å²) >= 11 is 3.59. The van der Waals surface area contributed by atoms with Crippen LogP contribution in [0.4, 0.5) is 39.3 Å². The molecule has 366 valence electrons. The lowest BCUT2D eigenvalue weighted by molar-refractivity contribution is -0.122. The summed E-state index contributed by atoms with van der Waals surface area (Å²) in [5, 5.41) is 11.5. The van der Waals surface area contributed by atoms with Crippen LogP contribution in [0.5, 0.6) is 5.75 Å². The minimum atomic E-state index is -2.78. The number of ether oxygens (including phenoxy) is 1. The maximum atomic E-state index is 13.7. The summed E-state index contributed by atoms with van der Waals surface area (Å²) in [5.74, 6) is 0.591. The van der Waals surface area contributed by atoms with Crippen LogP contribution in [0.2, 0.25) is 0 Å². The Bertz CT molecular complexity index is 2930. The van der Waals surface area contributed by atoms with Crippen LogP contribution in [-0.4, -0.2) is 155 Å². The number of amides is 5. The zero-order chi connectivity index (χ0) is 48.8. The van der Waals surface area contributed by atoms with Gasteiger partial charge in [0.15, 0.2) is 0 Å². The summed E-state index contributed by atoms with van der Waals surface area (Å²) in [4.78, 5) is 79.5. The van der Waals surface area contributed by atoms with Crippen molar-refractivity contribution in [2.75, 3.05) is 106 Å². The van der Waals surface area contributed by atoms with E-state index >= 15 is 0 Å². The van der Waals surface area contributed by atoms with Gasteiger partial charge in [0.05, 0.1) is 57.1 Å². The van der Waals surface area contributed by atoms with Gasteiger partial charge in [0, 0.05) is 102 Å². The lowest BCUT2D eigenvalue weighted by Gasteiger charge is -2.44. The van der Waals surface area contributed by atoms with Crippen molar-refractivity contribution in [2.24, 2.45) is 5.92 Å². The molecule has 19 nitrogen and oxygen atoms in total. The van der Waals surface area contributed by atoms with E-state index in [1.54, 1.807) is 51.2 Å². The summed E-state index contributed by atoms with van der Waals surface area (Å²) in [7, 11) is -1.11. The Morgan fingerprint density at radius 1 is 0.814 bits per heavy atom. The molecule has 5 aliphatic rings. The number of imide groups is 2. The normalized spacial score (nSPS) is 19.0. The second-order valence-corrected chi connectivity index (χ2v) is 23.1. The summed E-state index contributed by atoms with van der Waals surface area (Å²) in [6.07, 6.45) is 9.06. The third-order valence-corrected chi connectivity index (χ3v) is 16.4. The number of aryl methyl sites for hydroxylation is 1. The molecule has 0 radical (unpaired) electrons. The number of nitrogens with zero attached hydrogens (tertiary/aromatic N) is 10. The van der Waals surface area contributed by atoms with Gasteiger partial charge < -0.3 is 34.6 Å².